The Hall–Kier alpha value is -0.648. The first kappa shape index (κ1) is 10.4. The topological polar surface area (TPSA) is 26.3 Å². The van der Waals surface area contributed by atoms with Crippen LogP contribution in [0.3, 0.4) is 0 Å². The summed E-state index contributed by atoms with van der Waals surface area (Å²) in [7, 11) is 0. The van der Waals surface area contributed by atoms with Gasteiger partial charge < -0.3 is 4.74 Å². The smallest absolute Gasteiger partial charge is 0.308 e. The van der Waals surface area contributed by atoms with Gasteiger partial charge >= 0.3 is 5.97 Å². The van der Waals surface area contributed by atoms with Crippen LogP contribution < -0.4 is 4.74 Å². The molecule has 0 heterocycles. The SMILES string of the molecule is CC(=O)Oc1ccccc1.[Pd]. The molecule has 0 unspecified atom stereocenters. The third-order valence-corrected chi connectivity index (χ3v) is 1.00. The van der Waals surface area contributed by atoms with Crippen molar-refractivity contribution in [1.82, 2.24) is 0 Å². The number of hydrogen-bond acceptors (Lipinski definition) is 2. The molecule has 0 aromatic heterocycles. The molecule has 0 saturated heterocycles. The van der Waals surface area contributed by atoms with E-state index in [2.05, 4.69) is 0 Å². The predicted molar refractivity (Wildman–Crippen MR) is 37.8 cm³/mol. The van der Waals surface area contributed by atoms with Crippen LogP contribution in [0.1, 0.15) is 6.92 Å². The average Bonchev–Trinajstić information content (AvgIpc) is 1.88. The molecule has 62 valence electrons. The minimum atomic E-state index is -0.286. The molecule has 0 N–H and O–H groups in total. The van der Waals surface area contributed by atoms with Crippen molar-refractivity contribution >= 4 is 5.97 Å². The summed E-state index contributed by atoms with van der Waals surface area (Å²) in [4.78, 5) is 10.4. The van der Waals surface area contributed by atoms with Gasteiger partial charge in [-0.05, 0) is 12.1 Å². The number of carbonyl (C=O) groups is 1. The van der Waals surface area contributed by atoms with Crippen LogP contribution in [0.4, 0.5) is 0 Å². The average molecular weight is 243 g/mol. The number of hydrogen-bond donors (Lipinski definition) is 0. The van der Waals surface area contributed by atoms with Crippen LogP contribution in [0, 0.1) is 0 Å². The summed E-state index contributed by atoms with van der Waals surface area (Å²) < 4.78 is 4.78. The quantitative estimate of drug-likeness (QED) is 0.425. The van der Waals surface area contributed by atoms with Crippen molar-refractivity contribution in [2.75, 3.05) is 0 Å². The van der Waals surface area contributed by atoms with Crippen molar-refractivity contribution in [2.45, 2.75) is 6.92 Å². The van der Waals surface area contributed by atoms with E-state index in [-0.39, 0.29) is 26.4 Å². The van der Waals surface area contributed by atoms with E-state index in [1.165, 1.54) is 6.92 Å². The van der Waals surface area contributed by atoms with Crippen molar-refractivity contribution in [3.05, 3.63) is 30.3 Å². The zero-order chi connectivity index (χ0) is 7.40. The molecule has 1 aromatic rings. The molecule has 0 aliphatic carbocycles. The van der Waals surface area contributed by atoms with Gasteiger partial charge in [0.15, 0.2) is 0 Å². The maximum absolute atomic E-state index is 10.4. The fourth-order valence-corrected chi connectivity index (χ4v) is 0.655. The Balaban J connectivity index is 0.000001000. The van der Waals surface area contributed by atoms with Crippen molar-refractivity contribution < 1.29 is 30.0 Å². The third-order valence-electron chi connectivity index (χ3n) is 1.00. The molecule has 2 nitrogen and oxygen atoms in total. The van der Waals surface area contributed by atoms with E-state index in [0.717, 1.165) is 0 Å². The van der Waals surface area contributed by atoms with Crippen LogP contribution >= 0.6 is 0 Å². The Labute approximate surface area is 79.2 Å². The van der Waals surface area contributed by atoms with Crippen LogP contribution in [0.2, 0.25) is 0 Å². The first-order valence-electron chi connectivity index (χ1n) is 3.02. The van der Waals surface area contributed by atoms with Gasteiger partial charge in [-0.2, -0.15) is 0 Å². The van der Waals surface area contributed by atoms with Crippen LogP contribution in [0.15, 0.2) is 30.3 Å². The van der Waals surface area contributed by atoms with Crippen LogP contribution in [0.5, 0.6) is 5.75 Å². The van der Waals surface area contributed by atoms with Crippen molar-refractivity contribution in [3.63, 3.8) is 0 Å². The summed E-state index contributed by atoms with van der Waals surface area (Å²) in [5, 5.41) is 0. The number of para-hydroxylation sites is 1. The van der Waals surface area contributed by atoms with E-state index in [9.17, 15) is 4.79 Å². The monoisotopic (exact) mass is 242 g/mol. The summed E-state index contributed by atoms with van der Waals surface area (Å²) in [6.07, 6.45) is 0. The Kier molecular flexibility index (Phi) is 4.76. The molecule has 1 rings (SSSR count). The molecule has 0 atom stereocenters. The van der Waals surface area contributed by atoms with Crippen molar-refractivity contribution in [2.24, 2.45) is 0 Å². The first-order chi connectivity index (χ1) is 4.79. The number of benzene rings is 1. The molecule has 3 heteroatoms. The van der Waals surface area contributed by atoms with Crippen LogP contribution in [-0.2, 0) is 25.2 Å². The zero-order valence-corrected chi connectivity index (χ0v) is 7.57. The molecule has 0 aliphatic heterocycles. The summed E-state index contributed by atoms with van der Waals surface area (Å²) in [5.74, 6) is 0.307. The van der Waals surface area contributed by atoms with Crippen molar-refractivity contribution in [3.8, 4) is 5.75 Å². The van der Waals surface area contributed by atoms with Gasteiger partial charge in [0.25, 0.3) is 0 Å². The summed E-state index contributed by atoms with van der Waals surface area (Å²) in [6, 6.07) is 8.98. The molecular weight excluding hydrogens is 235 g/mol. The molecule has 0 bridgehead atoms. The minimum Gasteiger partial charge on any atom is -0.427 e. The van der Waals surface area contributed by atoms with Gasteiger partial charge in [0.1, 0.15) is 5.75 Å². The molecule has 1 aromatic carbocycles. The van der Waals surface area contributed by atoms with Gasteiger partial charge in [-0.15, -0.1) is 0 Å². The predicted octanol–water partition coefficient (Wildman–Crippen LogP) is 1.61. The number of ether oxygens (including phenoxy) is 1. The molecule has 0 saturated carbocycles. The van der Waals surface area contributed by atoms with Gasteiger partial charge in [-0.25, -0.2) is 0 Å². The normalized spacial score (nSPS) is 8.09. The third kappa shape index (κ3) is 3.92. The number of carbonyl (C=O) groups excluding carboxylic acids is 1. The second-order valence-electron chi connectivity index (χ2n) is 1.91. The Morgan fingerprint density at radius 3 is 2.27 bits per heavy atom. The van der Waals surface area contributed by atoms with Gasteiger partial charge in [0.05, 0.1) is 0 Å². The molecule has 0 aliphatic rings. The van der Waals surface area contributed by atoms with Crippen LogP contribution in [-0.4, -0.2) is 5.97 Å². The van der Waals surface area contributed by atoms with E-state index < -0.39 is 0 Å². The van der Waals surface area contributed by atoms with E-state index in [4.69, 9.17) is 4.74 Å². The summed E-state index contributed by atoms with van der Waals surface area (Å²) >= 11 is 0. The fourth-order valence-electron chi connectivity index (χ4n) is 0.655. The second-order valence-corrected chi connectivity index (χ2v) is 1.91. The van der Waals surface area contributed by atoms with E-state index >= 15 is 0 Å². The van der Waals surface area contributed by atoms with Gasteiger partial charge in [-0.1, -0.05) is 18.2 Å². The van der Waals surface area contributed by atoms with Crippen LogP contribution in [0.25, 0.3) is 0 Å². The molecule has 0 fully saturated rings. The second kappa shape index (κ2) is 5.06. The summed E-state index contributed by atoms with van der Waals surface area (Å²) in [6.45, 7) is 1.38. The van der Waals surface area contributed by atoms with Gasteiger partial charge in [0, 0.05) is 27.3 Å². The standard InChI is InChI=1S/C8H8O2.Pd/c1-7(9)10-8-5-3-2-4-6-8;/h2-6H,1H3;. The van der Waals surface area contributed by atoms with E-state index in [1.807, 2.05) is 18.2 Å². The maximum atomic E-state index is 10.4. The van der Waals surface area contributed by atoms with E-state index in [1.54, 1.807) is 12.1 Å². The molecule has 0 amide bonds. The Morgan fingerprint density at radius 1 is 1.27 bits per heavy atom. The number of rotatable bonds is 1. The zero-order valence-electron chi connectivity index (χ0n) is 6.02. The Bertz CT molecular complexity index is 221. The first-order valence-corrected chi connectivity index (χ1v) is 3.02. The molecule has 11 heavy (non-hydrogen) atoms. The van der Waals surface area contributed by atoms with E-state index in [0.29, 0.717) is 5.75 Å². The van der Waals surface area contributed by atoms with Gasteiger partial charge in [-0.3, -0.25) is 4.79 Å². The maximum Gasteiger partial charge on any atom is 0.308 e. The molecular formula is C8H8O2Pd. The van der Waals surface area contributed by atoms with Gasteiger partial charge in [0.2, 0.25) is 0 Å². The Morgan fingerprint density at radius 2 is 1.82 bits per heavy atom. The largest absolute Gasteiger partial charge is 0.427 e. The fraction of sp³-hybridized carbons (Fsp3) is 0.125. The molecule has 0 spiro atoms. The molecule has 0 radical (unpaired) electrons. The number of esters is 1. The van der Waals surface area contributed by atoms with Crippen molar-refractivity contribution in [1.29, 1.82) is 0 Å². The summed E-state index contributed by atoms with van der Waals surface area (Å²) in [5.41, 5.74) is 0. The minimum absolute atomic E-state index is 0.